The highest BCUT2D eigenvalue weighted by Gasteiger charge is 2.45. The van der Waals surface area contributed by atoms with Crippen molar-refractivity contribution < 1.29 is 24.0 Å². The van der Waals surface area contributed by atoms with E-state index in [1.165, 1.54) is 6.07 Å². The Balaban J connectivity index is 1.35. The van der Waals surface area contributed by atoms with Gasteiger partial charge < -0.3 is 16.0 Å². The maximum absolute atomic E-state index is 13.2. The van der Waals surface area contributed by atoms with Crippen LogP contribution in [0.15, 0.2) is 36.4 Å². The van der Waals surface area contributed by atoms with Gasteiger partial charge >= 0.3 is 0 Å². The van der Waals surface area contributed by atoms with Crippen LogP contribution in [0, 0.1) is 0 Å². The fourth-order valence-electron chi connectivity index (χ4n) is 4.80. The minimum absolute atomic E-state index is 0.0480. The second kappa shape index (κ2) is 8.29. The third kappa shape index (κ3) is 3.57. The van der Waals surface area contributed by atoms with Gasteiger partial charge in [-0.25, -0.2) is 0 Å². The minimum atomic E-state index is -1.04. The first-order valence-corrected chi connectivity index (χ1v) is 11.1. The van der Waals surface area contributed by atoms with Crippen LogP contribution in [-0.2, 0) is 20.8 Å². The van der Waals surface area contributed by atoms with Crippen molar-refractivity contribution in [1.29, 1.82) is 0 Å². The Morgan fingerprint density at radius 2 is 1.91 bits per heavy atom. The number of amides is 5. The van der Waals surface area contributed by atoms with Gasteiger partial charge in [-0.15, -0.1) is 0 Å². The Bertz CT molecular complexity index is 1260. The second-order valence-corrected chi connectivity index (χ2v) is 8.57. The van der Waals surface area contributed by atoms with Gasteiger partial charge in [0.15, 0.2) is 0 Å². The summed E-state index contributed by atoms with van der Waals surface area (Å²) in [4.78, 5) is 65.5. The first-order chi connectivity index (χ1) is 16.3. The quantitative estimate of drug-likeness (QED) is 0.457. The van der Waals surface area contributed by atoms with E-state index in [1.54, 1.807) is 23.1 Å². The highest BCUT2D eigenvalue weighted by atomic mass is 16.2. The zero-order valence-electron chi connectivity index (χ0n) is 18.3. The van der Waals surface area contributed by atoms with E-state index in [4.69, 9.17) is 5.73 Å². The van der Waals surface area contributed by atoms with Gasteiger partial charge in [0.05, 0.1) is 17.7 Å². The summed E-state index contributed by atoms with van der Waals surface area (Å²) in [6, 6.07) is 9.18. The van der Waals surface area contributed by atoms with E-state index in [9.17, 15) is 24.0 Å². The Hall–Kier alpha value is -4.21. The predicted octanol–water partition coefficient (Wildman–Crippen LogP) is 1.06. The number of fused-ring (bicyclic) bond motifs is 2. The van der Waals surface area contributed by atoms with Crippen LogP contribution in [-0.4, -0.2) is 53.6 Å². The molecule has 0 aromatic heterocycles. The number of piperidine rings is 1. The number of hydrogen-bond acceptors (Lipinski definition) is 7. The predicted molar refractivity (Wildman–Crippen MR) is 123 cm³/mol. The highest BCUT2D eigenvalue weighted by Crippen LogP contribution is 2.33. The number of nitrogen functional groups attached to an aromatic ring is 1. The molecule has 10 nitrogen and oxygen atoms in total. The molecule has 4 N–H and O–H groups in total. The maximum atomic E-state index is 13.2. The molecular formula is C24H23N5O5. The van der Waals surface area contributed by atoms with Crippen molar-refractivity contribution in [2.75, 3.05) is 29.0 Å². The zero-order valence-corrected chi connectivity index (χ0v) is 18.3. The zero-order chi connectivity index (χ0) is 24.0. The van der Waals surface area contributed by atoms with Crippen LogP contribution in [0.5, 0.6) is 0 Å². The summed E-state index contributed by atoms with van der Waals surface area (Å²) in [6.07, 6.45) is 1.79. The molecule has 1 unspecified atom stereocenters. The van der Waals surface area contributed by atoms with E-state index >= 15 is 0 Å². The van der Waals surface area contributed by atoms with Crippen LogP contribution in [0.1, 0.15) is 45.5 Å². The fraction of sp³-hybridized carbons (Fsp3) is 0.292. The van der Waals surface area contributed by atoms with Crippen molar-refractivity contribution in [3.05, 3.63) is 53.1 Å². The van der Waals surface area contributed by atoms with Gasteiger partial charge in [-0.05, 0) is 55.2 Å². The first kappa shape index (κ1) is 21.6. The number of aryl methyl sites for hydroxylation is 1. The molecule has 2 aromatic carbocycles. The molecule has 5 rings (SSSR count). The summed E-state index contributed by atoms with van der Waals surface area (Å²) in [5, 5.41) is 5.19. The normalized spacial score (nSPS) is 19.6. The summed E-state index contributed by atoms with van der Waals surface area (Å²) in [6.45, 7) is 0.491. The smallest absolute Gasteiger partial charge is 0.264 e. The Morgan fingerprint density at radius 3 is 2.71 bits per heavy atom. The summed E-state index contributed by atoms with van der Waals surface area (Å²) in [5.74, 6) is -2.49. The molecule has 1 fully saturated rings. The van der Waals surface area contributed by atoms with Crippen molar-refractivity contribution in [3.63, 3.8) is 0 Å². The number of carbonyl (C=O) groups excluding carboxylic acids is 5. The van der Waals surface area contributed by atoms with Gasteiger partial charge in [0, 0.05) is 30.0 Å². The molecule has 2 aromatic rings. The first-order valence-electron chi connectivity index (χ1n) is 11.1. The van der Waals surface area contributed by atoms with Gasteiger partial charge in [-0.2, -0.15) is 0 Å². The lowest BCUT2D eigenvalue weighted by molar-refractivity contribution is -0.136. The van der Waals surface area contributed by atoms with E-state index in [-0.39, 0.29) is 36.4 Å². The number of imide groups is 2. The lowest BCUT2D eigenvalue weighted by Gasteiger charge is -2.30. The number of anilines is 3. The second-order valence-electron chi connectivity index (χ2n) is 8.57. The third-order valence-electron chi connectivity index (χ3n) is 6.42. The molecule has 0 aliphatic carbocycles. The molecule has 0 spiro atoms. The van der Waals surface area contributed by atoms with Crippen molar-refractivity contribution in [2.45, 2.75) is 31.7 Å². The standard InChI is InChI=1S/C24H23N5O5/c25-14-6-7-17-13(11-14)3-2-10-28(17)20(31)12-26-16-5-1-4-15-21(16)24(34)29(23(15)33)18-8-9-19(30)27-22(18)32/h1,4-7,11,18,26H,2-3,8-10,12,25H2,(H,27,30,32). The Kier molecular flexibility index (Phi) is 5.27. The van der Waals surface area contributed by atoms with Gasteiger partial charge in [-0.1, -0.05) is 6.07 Å². The van der Waals surface area contributed by atoms with Gasteiger partial charge in [0.2, 0.25) is 17.7 Å². The van der Waals surface area contributed by atoms with Crippen LogP contribution in [0.25, 0.3) is 0 Å². The van der Waals surface area contributed by atoms with Crippen molar-refractivity contribution in [1.82, 2.24) is 10.2 Å². The Morgan fingerprint density at radius 1 is 1.09 bits per heavy atom. The number of hydrogen-bond donors (Lipinski definition) is 3. The van der Waals surface area contributed by atoms with E-state index in [0.717, 1.165) is 29.0 Å². The number of nitrogens with zero attached hydrogens (tertiary/aromatic N) is 2. The average Bonchev–Trinajstić information content (AvgIpc) is 3.07. The van der Waals surface area contributed by atoms with Crippen molar-refractivity contribution in [3.8, 4) is 0 Å². The molecule has 0 radical (unpaired) electrons. The van der Waals surface area contributed by atoms with Gasteiger partial charge in [-0.3, -0.25) is 34.2 Å². The van der Waals surface area contributed by atoms with Crippen LogP contribution in [0.2, 0.25) is 0 Å². The largest absolute Gasteiger partial charge is 0.399 e. The van der Waals surface area contributed by atoms with E-state index in [0.29, 0.717) is 17.9 Å². The summed E-state index contributed by atoms with van der Waals surface area (Å²) < 4.78 is 0. The lowest BCUT2D eigenvalue weighted by Crippen LogP contribution is -2.54. The maximum Gasteiger partial charge on any atom is 0.264 e. The van der Waals surface area contributed by atoms with Crippen LogP contribution >= 0.6 is 0 Å². The summed E-state index contributed by atoms with van der Waals surface area (Å²) >= 11 is 0. The van der Waals surface area contributed by atoms with Crippen molar-refractivity contribution in [2.24, 2.45) is 0 Å². The summed E-state index contributed by atoms with van der Waals surface area (Å²) in [7, 11) is 0. The highest BCUT2D eigenvalue weighted by molar-refractivity contribution is 6.25. The number of benzene rings is 2. The van der Waals surface area contributed by atoms with Gasteiger partial charge in [0.1, 0.15) is 6.04 Å². The molecule has 0 saturated carbocycles. The van der Waals surface area contributed by atoms with E-state index in [2.05, 4.69) is 10.6 Å². The molecule has 5 amide bonds. The number of carbonyl (C=O) groups is 5. The minimum Gasteiger partial charge on any atom is -0.399 e. The van der Waals surface area contributed by atoms with E-state index < -0.39 is 29.7 Å². The van der Waals surface area contributed by atoms with E-state index in [1.807, 2.05) is 12.1 Å². The molecule has 34 heavy (non-hydrogen) atoms. The SMILES string of the molecule is Nc1ccc2c(c1)CCCN2C(=O)CNc1cccc2c1C(=O)N(C1CCC(=O)NC1=O)C2=O. The molecule has 3 aliphatic rings. The van der Waals surface area contributed by atoms with Crippen LogP contribution in [0.4, 0.5) is 17.1 Å². The van der Waals surface area contributed by atoms with Crippen molar-refractivity contribution >= 4 is 46.6 Å². The van der Waals surface area contributed by atoms with Crippen LogP contribution < -0.4 is 21.3 Å². The molecular weight excluding hydrogens is 438 g/mol. The number of nitrogens with one attached hydrogen (secondary N) is 2. The monoisotopic (exact) mass is 461 g/mol. The molecule has 174 valence electrons. The third-order valence-corrected chi connectivity index (χ3v) is 6.42. The summed E-state index contributed by atoms with van der Waals surface area (Å²) in [5.41, 5.74) is 8.98. The lowest BCUT2D eigenvalue weighted by atomic mass is 10.0. The average molecular weight is 461 g/mol. The molecule has 1 saturated heterocycles. The molecule has 10 heteroatoms. The molecule has 0 bridgehead atoms. The van der Waals surface area contributed by atoms with Crippen LogP contribution in [0.3, 0.4) is 0 Å². The number of rotatable bonds is 4. The number of nitrogens with two attached hydrogens (primary N) is 1. The van der Waals surface area contributed by atoms with Gasteiger partial charge in [0.25, 0.3) is 11.8 Å². The molecule has 3 heterocycles. The topological polar surface area (TPSA) is 142 Å². The molecule has 1 atom stereocenters. The molecule has 3 aliphatic heterocycles. The fourth-order valence-corrected chi connectivity index (χ4v) is 4.80. The Labute approximate surface area is 195 Å².